The average molecular weight is 558 g/mol. The van der Waals surface area contributed by atoms with Crippen molar-refractivity contribution in [3.05, 3.63) is 83.9 Å². The van der Waals surface area contributed by atoms with Crippen LogP contribution in [0.25, 0.3) is 0 Å². The molecule has 0 atom stereocenters. The number of methoxy groups -OCH3 is 1. The third-order valence-corrected chi connectivity index (χ3v) is 10.2. The zero-order chi connectivity index (χ0) is 27.5. The highest BCUT2D eigenvalue weighted by Gasteiger charge is 2.33. The van der Waals surface area contributed by atoms with E-state index in [1.807, 2.05) is 13.8 Å². The van der Waals surface area contributed by atoms with Gasteiger partial charge in [-0.3, -0.25) is 9.10 Å². The fourth-order valence-corrected chi connectivity index (χ4v) is 7.00. The molecule has 0 unspecified atom stereocenters. The lowest BCUT2D eigenvalue weighted by molar-refractivity contribution is -0.130. The van der Waals surface area contributed by atoms with Crippen LogP contribution in [0.5, 0.6) is 5.75 Å². The smallest absolute Gasteiger partial charge is 0.264 e. The van der Waals surface area contributed by atoms with Crippen LogP contribution in [-0.4, -0.2) is 71.8 Å². The van der Waals surface area contributed by atoms with Gasteiger partial charge in [-0.15, -0.1) is 0 Å². The minimum absolute atomic E-state index is 0.0701. The second kappa shape index (κ2) is 11.1. The predicted octanol–water partition coefficient (Wildman–Crippen LogP) is 3.04. The number of amides is 1. The first-order valence-corrected chi connectivity index (χ1v) is 15.0. The molecule has 9 nitrogen and oxygen atoms in total. The van der Waals surface area contributed by atoms with Crippen molar-refractivity contribution >= 4 is 31.6 Å². The zero-order valence-electron chi connectivity index (χ0n) is 21.6. The van der Waals surface area contributed by atoms with Crippen LogP contribution in [0.15, 0.2) is 82.6 Å². The number of hydrogen-bond acceptors (Lipinski definition) is 6. The molecule has 11 heteroatoms. The number of hydrogen-bond donors (Lipinski definition) is 0. The van der Waals surface area contributed by atoms with Crippen molar-refractivity contribution < 1.29 is 26.4 Å². The fourth-order valence-electron chi connectivity index (χ4n) is 4.16. The molecular weight excluding hydrogens is 526 g/mol. The summed E-state index contributed by atoms with van der Waals surface area (Å²) >= 11 is 0. The molecule has 0 aliphatic carbocycles. The standard InChI is InChI=1S/C27H31N3O6S2/c1-21-4-12-25(13-5-21)37(32,33)29-18-16-28(17-19-29)27(31)20-30(23-8-10-24(36-3)11-9-23)38(34,35)26-14-6-22(2)7-15-26/h4-15H,16-20H2,1-3H3. The molecule has 38 heavy (non-hydrogen) atoms. The minimum Gasteiger partial charge on any atom is -0.497 e. The summed E-state index contributed by atoms with van der Waals surface area (Å²) in [7, 11) is -6.23. The SMILES string of the molecule is COc1ccc(N(CC(=O)N2CCN(S(=O)(=O)c3ccc(C)cc3)CC2)S(=O)(=O)c2ccc(C)cc2)cc1. The van der Waals surface area contributed by atoms with Crippen LogP contribution in [-0.2, 0) is 24.8 Å². The number of carbonyl (C=O) groups is 1. The first-order valence-electron chi connectivity index (χ1n) is 12.1. The second-order valence-corrected chi connectivity index (χ2v) is 12.9. The Morgan fingerprint density at radius 3 is 1.76 bits per heavy atom. The van der Waals surface area contributed by atoms with Crippen LogP contribution in [0.1, 0.15) is 11.1 Å². The molecule has 0 spiro atoms. The molecule has 3 aromatic carbocycles. The zero-order valence-corrected chi connectivity index (χ0v) is 23.2. The second-order valence-electron chi connectivity index (χ2n) is 9.12. The van der Waals surface area contributed by atoms with Crippen LogP contribution in [0, 0.1) is 13.8 Å². The van der Waals surface area contributed by atoms with Gasteiger partial charge in [-0.2, -0.15) is 4.31 Å². The maximum atomic E-state index is 13.6. The number of benzene rings is 3. The summed E-state index contributed by atoms with van der Waals surface area (Å²) in [6.45, 7) is 3.88. The van der Waals surface area contributed by atoms with Gasteiger partial charge in [-0.25, -0.2) is 16.8 Å². The van der Waals surface area contributed by atoms with Crippen molar-refractivity contribution in [2.75, 3.05) is 44.1 Å². The van der Waals surface area contributed by atoms with Crippen molar-refractivity contribution in [3.8, 4) is 5.75 Å². The Bertz CT molecular complexity index is 1480. The van der Waals surface area contributed by atoms with Gasteiger partial charge >= 0.3 is 0 Å². The molecule has 1 saturated heterocycles. The summed E-state index contributed by atoms with van der Waals surface area (Å²) in [6.07, 6.45) is 0. The number of piperazine rings is 1. The fraction of sp³-hybridized carbons (Fsp3) is 0.296. The van der Waals surface area contributed by atoms with E-state index in [0.717, 1.165) is 15.4 Å². The third kappa shape index (κ3) is 5.85. The Labute approximate surface area is 224 Å². The number of rotatable bonds is 8. The lowest BCUT2D eigenvalue weighted by Crippen LogP contribution is -2.53. The molecule has 1 amide bonds. The maximum Gasteiger partial charge on any atom is 0.264 e. The van der Waals surface area contributed by atoms with Crippen LogP contribution in [0.2, 0.25) is 0 Å². The molecule has 1 heterocycles. The lowest BCUT2D eigenvalue weighted by atomic mass is 10.2. The Morgan fingerprint density at radius 2 is 1.26 bits per heavy atom. The van der Waals surface area contributed by atoms with Gasteiger partial charge in [0.15, 0.2) is 0 Å². The van der Waals surface area contributed by atoms with Gasteiger partial charge in [0.1, 0.15) is 12.3 Å². The van der Waals surface area contributed by atoms with E-state index >= 15 is 0 Å². The van der Waals surface area contributed by atoms with Gasteiger partial charge in [0.2, 0.25) is 15.9 Å². The third-order valence-electron chi connectivity index (χ3n) is 6.50. The Hall–Kier alpha value is -3.41. The van der Waals surface area contributed by atoms with E-state index in [1.54, 1.807) is 60.7 Å². The number of nitrogens with zero attached hydrogens (tertiary/aromatic N) is 3. The van der Waals surface area contributed by atoms with E-state index < -0.39 is 32.5 Å². The van der Waals surface area contributed by atoms with Crippen molar-refractivity contribution in [3.63, 3.8) is 0 Å². The lowest BCUT2D eigenvalue weighted by Gasteiger charge is -2.35. The Morgan fingerprint density at radius 1 is 0.763 bits per heavy atom. The van der Waals surface area contributed by atoms with E-state index in [1.165, 1.54) is 28.4 Å². The summed E-state index contributed by atoms with van der Waals surface area (Å²) in [4.78, 5) is 15.1. The first-order chi connectivity index (χ1) is 18.0. The normalized spacial score (nSPS) is 14.8. The van der Waals surface area contributed by atoms with Crippen molar-refractivity contribution in [2.24, 2.45) is 0 Å². The molecule has 1 fully saturated rings. The molecular formula is C27H31N3O6S2. The topological polar surface area (TPSA) is 104 Å². The van der Waals surface area contributed by atoms with E-state index in [-0.39, 0.29) is 36.0 Å². The first kappa shape index (κ1) is 27.6. The largest absolute Gasteiger partial charge is 0.497 e. The van der Waals surface area contributed by atoms with Crippen LogP contribution in [0.3, 0.4) is 0 Å². The van der Waals surface area contributed by atoms with Crippen LogP contribution < -0.4 is 9.04 Å². The van der Waals surface area contributed by atoms with Gasteiger partial charge in [0.05, 0.1) is 22.6 Å². The molecule has 0 bridgehead atoms. The van der Waals surface area contributed by atoms with Crippen molar-refractivity contribution in [1.29, 1.82) is 0 Å². The van der Waals surface area contributed by atoms with Gasteiger partial charge in [0.25, 0.3) is 10.0 Å². The van der Waals surface area contributed by atoms with Crippen LogP contribution >= 0.6 is 0 Å². The summed E-state index contributed by atoms with van der Waals surface area (Å²) in [5.74, 6) is 0.141. The molecule has 1 aliphatic heterocycles. The van der Waals surface area contributed by atoms with Gasteiger partial charge < -0.3 is 9.64 Å². The monoisotopic (exact) mass is 557 g/mol. The summed E-state index contributed by atoms with van der Waals surface area (Å²) in [5.41, 5.74) is 2.19. The van der Waals surface area contributed by atoms with Gasteiger partial charge in [0, 0.05) is 26.2 Å². The molecule has 3 aromatic rings. The number of ether oxygens (including phenoxy) is 1. The summed E-state index contributed by atoms with van der Waals surface area (Å²) in [5, 5.41) is 0. The molecule has 0 N–H and O–H groups in total. The maximum absolute atomic E-state index is 13.6. The highest BCUT2D eigenvalue weighted by atomic mass is 32.2. The molecule has 4 rings (SSSR count). The molecule has 0 aromatic heterocycles. The number of anilines is 1. The van der Waals surface area contributed by atoms with E-state index in [9.17, 15) is 21.6 Å². The summed E-state index contributed by atoms with van der Waals surface area (Å²) < 4.78 is 60.9. The Kier molecular flexibility index (Phi) is 8.10. The molecule has 202 valence electrons. The highest BCUT2D eigenvalue weighted by Crippen LogP contribution is 2.27. The quantitative estimate of drug-likeness (QED) is 0.422. The average Bonchev–Trinajstić information content (AvgIpc) is 2.92. The number of aryl methyl sites for hydroxylation is 2. The van der Waals surface area contributed by atoms with E-state index in [0.29, 0.717) is 11.4 Å². The van der Waals surface area contributed by atoms with E-state index in [2.05, 4.69) is 0 Å². The van der Waals surface area contributed by atoms with Crippen molar-refractivity contribution in [1.82, 2.24) is 9.21 Å². The summed E-state index contributed by atoms with van der Waals surface area (Å²) in [6, 6.07) is 19.5. The minimum atomic E-state index is -4.06. The number of carbonyl (C=O) groups excluding carboxylic acids is 1. The number of sulfonamides is 2. The van der Waals surface area contributed by atoms with Crippen molar-refractivity contribution in [2.45, 2.75) is 23.6 Å². The highest BCUT2D eigenvalue weighted by molar-refractivity contribution is 7.92. The predicted molar refractivity (Wildman–Crippen MR) is 145 cm³/mol. The molecule has 0 saturated carbocycles. The Balaban J connectivity index is 1.53. The van der Waals surface area contributed by atoms with Gasteiger partial charge in [-0.1, -0.05) is 35.4 Å². The van der Waals surface area contributed by atoms with E-state index in [4.69, 9.17) is 4.74 Å². The van der Waals surface area contributed by atoms with Crippen LogP contribution in [0.4, 0.5) is 5.69 Å². The van der Waals surface area contributed by atoms with Gasteiger partial charge in [-0.05, 0) is 62.4 Å². The molecule has 0 radical (unpaired) electrons. The molecule has 1 aliphatic rings.